The van der Waals surface area contributed by atoms with Crippen molar-refractivity contribution in [2.24, 2.45) is 0 Å². The van der Waals surface area contributed by atoms with Crippen LogP contribution >= 0.6 is 11.6 Å². The molecule has 1 aromatic carbocycles. The van der Waals surface area contributed by atoms with Crippen molar-refractivity contribution in [2.75, 3.05) is 32.1 Å². The fraction of sp³-hybridized carbons (Fsp3) is 0.333. The number of anilines is 1. The van der Waals surface area contributed by atoms with Gasteiger partial charge in [0.05, 0.1) is 25.8 Å². The first kappa shape index (κ1) is 16.3. The molecule has 0 bridgehead atoms. The average molecular weight is 325 g/mol. The number of aliphatic hydroxyl groups is 1. The predicted octanol–water partition coefficient (Wildman–Crippen LogP) is 1.32. The second-order valence-corrected chi connectivity index (χ2v) is 5.29. The van der Waals surface area contributed by atoms with Crippen LogP contribution in [0.15, 0.2) is 29.5 Å². The van der Waals surface area contributed by atoms with E-state index in [2.05, 4.69) is 5.32 Å². The summed E-state index contributed by atoms with van der Waals surface area (Å²) in [5.41, 5.74) is 1.91. The molecule has 0 aromatic heterocycles. The SMILES string of the molecule is COC(=O)C1=C(Nc2ccc(Cl)c(C)c2)C(=O)N(CCO)C1. The molecule has 0 saturated heterocycles. The largest absolute Gasteiger partial charge is 0.466 e. The lowest BCUT2D eigenvalue weighted by molar-refractivity contribution is -0.136. The van der Waals surface area contributed by atoms with E-state index < -0.39 is 5.97 Å². The summed E-state index contributed by atoms with van der Waals surface area (Å²) >= 11 is 5.98. The summed E-state index contributed by atoms with van der Waals surface area (Å²) in [5, 5.41) is 12.6. The number of hydrogen-bond donors (Lipinski definition) is 2. The van der Waals surface area contributed by atoms with Crippen LogP contribution in [-0.4, -0.2) is 48.7 Å². The number of rotatable bonds is 5. The number of methoxy groups -OCH3 is 1. The van der Waals surface area contributed by atoms with Crippen molar-refractivity contribution in [1.82, 2.24) is 4.90 Å². The van der Waals surface area contributed by atoms with E-state index in [1.54, 1.807) is 18.2 Å². The van der Waals surface area contributed by atoms with Gasteiger partial charge in [-0.3, -0.25) is 4.79 Å². The molecule has 2 rings (SSSR count). The molecule has 118 valence electrons. The molecule has 22 heavy (non-hydrogen) atoms. The molecule has 1 aromatic rings. The molecule has 0 radical (unpaired) electrons. The molecule has 0 fully saturated rings. The standard InChI is InChI=1S/C15H17ClN2O4/c1-9-7-10(3-4-12(9)16)17-13-11(15(21)22-2)8-18(5-6-19)14(13)20/h3-4,7,17,19H,5-6,8H2,1-2H3. The number of benzene rings is 1. The minimum atomic E-state index is -0.568. The smallest absolute Gasteiger partial charge is 0.337 e. The summed E-state index contributed by atoms with van der Waals surface area (Å²) in [5.74, 6) is -0.913. The number of esters is 1. The Kier molecular flexibility index (Phi) is 5.05. The highest BCUT2D eigenvalue weighted by Crippen LogP contribution is 2.25. The van der Waals surface area contributed by atoms with Crippen LogP contribution in [0.5, 0.6) is 0 Å². The second-order valence-electron chi connectivity index (χ2n) is 4.88. The van der Waals surface area contributed by atoms with Crippen molar-refractivity contribution in [3.05, 3.63) is 40.1 Å². The zero-order valence-corrected chi connectivity index (χ0v) is 13.1. The molecule has 0 atom stereocenters. The highest BCUT2D eigenvalue weighted by molar-refractivity contribution is 6.31. The molecule has 7 heteroatoms. The Labute approximate surface area is 133 Å². The van der Waals surface area contributed by atoms with Crippen LogP contribution in [0, 0.1) is 6.92 Å². The fourth-order valence-electron chi connectivity index (χ4n) is 2.22. The van der Waals surface area contributed by atoms with Gasteiger partial charge in [0.25, 0.3) is 5.91 Å². The lowest BCUT2D eigenvalue weighted by Crippen LogP contribution is -2.31. The zero-order chi connectivity index (χ0) is 16.3. The highest BCUT2D eigenvalue weighted by Gasteiger charge is 2.34. The quantitative estimate of drug-likeness (QED) is 0.799. The van der Waals surface area contributed by atoms with E-state index in [1.807, 2.05) is 6.92 Å². The molecule has 1 heterocycles. The maximum absolute atomic E-state index is 12.3. The minimum absolute atomic E-state index is 0.112. The third kappa shape index (κ3) is 3.23. The van der Waals surface area contributed by atoms with Gasteiger partial charge in [-0.25, -0.2) is 4.79 Å². The van der Waals surface area contributed by atoms with Gasteiger partial charge in [-0.2, -0.15) is 0 Å². The van der Waals surface area contributed by atoms with Gasteiger partial charge in [-0.05, 0) is 30.7 Å². The lowest BCUT2D eigenvalue weighted by Gasteiger charge is -2.15. The molecule has 1 aliphatic heterocycles. The minimum Gasteiger partial charge on any atom is -0.466 e. The summed E-state index contributed by atoms with van der Waals surface area (Å²) in [4.78, 5) is 25.6. The van der Waals surface area contributed by atoms with E-state index in [1.165, 1.54) is 12.0 Å². The van der Waals surface area contributed by atoms with Crippen molar-refractivity contribution in [3.8, 4) is 0 Å². The summed E-state index contributed by atoms with van der Waals surface area (Å²) in [7, 11) is 1.26. The molecule has 0 aliphatic carbocycles. The number of β-amino-alcohol motifs (C(OH)–C–C–N with tert-alkyl or cyclic N) is 1. The predicted molar refractivity (Wildman–Crippen MR) is 82.5 cm³/mol. The Hall–Kier alpha value is -2.05. The van der Waals surface area contributed by atoms with Gasteiger partial charge in [0.1, 0.15) is 5.70 Å². The zero-order valence-electron chi connectivity index (χ0n) is 12.4. The fourth-order valence-corrected chi connectivity index (χ4v) is 2.33. The average Bonchev–Trinajstić information content (AvgIpc) is 2.80. The summed E-state index contributed by atoms with van der Waals surface area (Å²) in [6.07, 6.45) is 0. The number of aryl methyl sites for hydroxylation is 1. The number of hydrogen-bond acceptors (Lipinski definition) is 5. The number of nitrogens with zero attached hydrogens (tertiary/aromatic N) is 1. The van der Waals surface area contributed by atoms with Crippen molar-refractivity contribution in [3.63, 3.8) is 0 Å². The van der Waals surface area contributed by atoms with Crippen LogP contribution < -0.4 is 5.32 Å². The van der Waals surface area contributed by atoms with Crippen LogP contribution in [0.1, 0.15) is 5.56 Å². The normalized spacial score (nSPS) is 14.5. The maximum Gasteiger partial charge on any atom is 0.337 e. The van der Waals surface area contributed by atoms with Gasteiger partial charge in [0, 0.05) is 17.3 Å². The number of halogens is 1. The second kappa shape index (κ2) is 6.81. The van der Waals surface area contributed by atoms with Gasteiger partial charge >= 0.3 is 5.97 Å². The number of ether oxygens (including phenoxy) is 1. The highest BCUT2D eigenvalue weighted by atomic mass is 35.5. The maximum atomic E-state index is 12.3. The Bertz CT molecular complexity index is 642. The van der Waals surface area contributed by atoms with E-state index >= 15 is 0 Å². The summed E-state index contributed by atoms with van der Waals surface area (Å²) < 4.78 is 4.72. The van der Waals surface area contributed by atoms with Gasteiger partial charge < -0.3 is 20.1 Å². The molecule has 0 saturated carbocycles. The van der Waals surface area contributed by atoms with Crippen molar-refractivity contribution >= 4 is 29.2 Å². The number of aliphatic hydroxyl groups excluding tert-OH is 1. The molecule has 1 amide bonds. The molecule has 1 aliphatic rings. The van der Waals surface area contributed by atoms with Crippen LogP contribution in [0.25, 0.3) is 0 Å². The van der Waals surface area contributed by atoms with Crippen LogP contribution in [0.3, 0.4) is 0 Å². The van der Waals surface area contributed by atoms with E-state index in [9.17, 15) is 9.59 Å². The van der Waals surface area contributed by atoms with Crippen LogP contribution in [0.4, 0.5) is 5.69 Å². The lowest BCUT2D eigenvalue weighted by atomic mass is 10.2. The molecule has 2 N–H and O–H groups in total. The molecule has 6 nitrogen and oxygen atoms in total. The van der Waals surface area contributed by atoms with E-state index in [0.717, 1.165) is 5.56 Å². The van der Waals surface area contributed by atoms with Crippen LogP contribution in [0.2, 0.25) is 5.02 Å². The summed E-state index contributed by atoms with van der Waals surface area (Å²) in [6.45, 7) is 1.94. The van der Waals surface area contributed by atoms with E-state index in [4.69, 9.17) is 21.4 Å². The number of amides is 1. The first-order valence-electron chi connectivity index (χ1n) is 6.72. The Morgan fingerprint density at radius 2 is 2.23 bits per heavy atom. The van der Waals surface area contributed by atoms with Crippen molar-refractivity contribution < 1.29 is 19.4 Å². The van der Waals surface area contributed by atoms with Gasteiger partial charge in [-0.15, -0.1) is 0 Å². The van der Waals surface area contributed by atoms with Crippen LogP contribution in [-0.2, 0) is 14.3 Å². The third-order valence-electron chi connectivity index (χ3n) is 3.38. The van der Waals surface area contributed by atoms with Gasteiger partial charge in [0.15, 0.2) is 0 Å². The van der Waals surface area contributed by atoms with Crippen molar-refractivity contribution in [2.45, 2.75) is 6.92 Å². The van der Waals surface area contributed by atoms with Crippen molar-refractivity contribution in [1.29, 1.82) is 0 Å². The molecular weight excluding hydrogens is 308 g/mol. The topological polar surface area (TPSA) is 78.9 Å². The van der Waals surface area contributed by atoms with Gasteiger partial charge in [-0.1, -0.05) is 11.6 Å². The Morgan fingerprint density at radius 3 is 2.82 bits per heavy atom. The molecular formula is C15H17ClN2O4. The monoisotopic (exact) mass is 324 g/mol. The molecule has 0 unspecified atom stereocenters. The Balaban J connectivity index is 2.32. The number of carbonyl (C=O) groups excluding carboxylic acids is 2. The number of nitrogens with one attached hydrogen (secondary N) is 1. The van der Waals surface area contributed by atoms with Gasteiger partial charge in [0.2, 0.25) is 0 Å². The molecule has 0 spiro atoms. The summed E-state index contributed by atoms with van der Waals surface area (Å²) in [6, 6.07) is 5.22. The number of carbonyl (C=O) groups is 2. The Morgan fingerprint density at radius 1 is 1.50 bits per heavy atom. The first-order chi connectivity index (χ1) is 10.5. The van der Waals surface area contributed by atoms with E-state index in [-0.39, 0.29) is 36.9 Å². The third-order valence-corrected chi connectivity index (χ3v) is 3.80. The first-order valence-corrected chi connectivity index (χ1v) is 7.10. The van der Waals surface area contributed by atoms with E-state index in [0.29, 0.717) is 10.7 Å².